The zero-order chi connectivity index (χ0) is 18.5. The average molecular weight is 357 g/mol. The van der Waals surface area contributed by atoms with Gasteiger partial charge in [0, 0.05) is 11.3 Å². The first-order valence-electron chi connectivity index (χ1n) is 9.32. The van der Waals surface area contributed by atoms with Crippen LogP contribution in [-0.2, 0) is 11.3 Å². The Labute approximate surface area is 154 Å². The third kappa shape index (κ3) is 4.68. The SMILES string of the molecule is Cc1ccccc1C[NH+]1CC[NH+]([C@@H](C)C(=O)Nc2ccc(F)cc2)CC1. The summed E-state index contributed by atoms with van der Waals surface area (Å²) in [5.74, 6) is -0.302. The minimum absolute atomic E-state index is 0.00559. The second kappa shape index (κ2) is 8.43. The molecule has 0 aliphatic carbocycles. The van der Waals surface area contributed by atoms with Crippen molar-refractivity contribution in [3.63, 3.8) is 0 Å². The zero-order valence-electron chi connectivity index (χ0n) is 15.5. The van der Waals surface area contributed by atoms with Gasteiger partial charge in [-0.05, 0) is 43.7 Å². The predicted octanol–water partition coefficient (Wildman–Crippen LogP) is 0.445. The molecule has 1 heterocycles. The quantitative estimate of drug-likeness (QED) is 0.714. The number of carbonyl (C=O) groups excluding carboxylic acids is 1. The molecule has 2 aromatic rings. The lowest BCUT2D eigenvalue weighted by atomic mass is 10.1. The Morgan fingerprint density at radius 3 is 2.38 bits per heavy atom. The van der Waals surface area contributed by atoms with Crippen LogP contribution >= 0.6 is 0 Å². The minimum atomic E-state index is -0.297. The monoisotopic (exact) mass is 357 g/mol. The van der Waals surface area contributed by atoms with E-state index in [0.717, 1.165) is 32.7 Å². The van der Waals surface area contributed by atoms with E-state index in [2.05, 4.69) is 36.5 Å². The van der Waals surface area contributed by atoms with Crippen LogP contribution in [0.3, 0.4) is 0 Å². The van der Waals surface area contributed by atoms with Crippen LogP contribution in [0.1, 0.15) is 18.1 Å². The number of benzene rings is 2. The summed E-state index contributed by atoms with van der Waals surface area (Å²) in [7, 11) is 0. The first-order chi connectivity index (χ1) is 12.5. The van der Waals surface area contributed by atoms with E-state index in [4.69, 9.17) is 0 Å². The molecule has 26 heavy (non-hydrogen) atoms. The van der Waals surface area contributed by atoms with E-state index in [1.165, 1.54) is 28.2 Å². The van der Waals surface area contributed by atoms with E-state index >= 15 is 0 Å². The maximum Gasteiger partial charge on any atom is 0.282 e. The van der Waals surface area contributed by atoms with Crippen LogP contribution in [-0.4, -0.2) is 38.1 Å². The van der Waals surface area contributed by atoms with E-state index in [1.54, 1.807) is 17.0 Å². The molecule has 1 atom stereocenters. The van der Waals surface area contributed by atoms with Crippen LogP contribution < -0.4 is 15.1 Å². The molecule has 0 saturated carbocycles. The number of amides is 1. The van der Waals surface area contributed by atoms with Gasteiger partial charge in [0.1, 0.15) is 38.5 Å². The van der Waals surface area contributed by atoms with Crippen molar-refractivity contribution >= 4 is 11.6 Å². The number of aryl methyl sites for hydroxylation is 1. The second-order valence-corrected chi connectivity index (χ2v) is 7.23. The van der Waals surface area contributed by atoms with Crippen LogP contribution in [0.4, 0.5) is 10.1 Å². The van der Waals surface area contributed by atoms with Crippen molar-refractivity contribution in [1.82, 2.24) is 0 Å². The van der Waals surface area contributed by atoms with Crippen LogP contribution in [0.15, 0.2) is 48.5 Å². The van der Waals surface area contributed by atoms with Gasteiger partial charge in [0.15, 0.2) is 6.04 Å². The highest BCUT2D eigenvalue weighted by atomic mass is 19.1. The highest BCUT2D eigenvalue weighted by Crippen LogP contribution is 2.08. The van der Waals surface area contributed by atoms with E-state index < -0.39 is 0 Å². The summed E-state index contributed by atoms with van der Waals surface area (Å²) in [5.41, 5.74) is 3.40. The Bertz CT molecular complexity index is 739. The van der Waals surface area contributed by atoms with Gasteiger partial charge < -0.3 is 15.1 Å². The molecule has 0 aromatic heterocycles. The highest BCUT2D eigenvalue weighted by Gasteiger charge is 2.31. The number of hydrogen-bond acceptors (Lipinski definition) is 1. The van der Waals surface area contributed by atoms with Crippen LogP contribution in [0, 0.1) is 12.7 Å². The summed E-state index contributed by atoms with van der Waals surface area (Å²) >= 11 is 0. The molecule has 3 rings (SSSR count). The molecule has 4 nitrogen and oxygen atoms in total. The standard InChI is InChI=1S/C21H26FN3O/c1-16-5-3-4-6-18(16)15-24-11-13-25(14-12-24)17(2)21(26)23-20-9-7-19(22)8-10-20/h3-10,17H,11-15H2,1-2H3,(H,23,26)/p+2/t17-/m0/s1. The van der Waals surface area contributed by atoms with Crippen LogP contribution in [0.5, 0.6) is 0 Å². The maximum atomic E-state index is 13.0. The van der Waals surface area contributed by atoms with Crippen molar-refractivity contribution in [2.45, 2.75) is 26.4 Å². The normalized spacial score (nSPS) is 21.2. The number of hydrogen-bond donors (Lipinski definition) is 3. The number of anilines is 1. The number of quaternary nitrogens is 2. The van der Waals surface area contributed by atoms with Gasteiger partial charge in [0.25, 0.3) is 5.91 Å². The molecule has 1 aliphatic heterocycles. The van der Waals surface area contributed by atoms with Gasteiger partial charge in [-0.25, -0.2) is 4.39 Å². The van der Waals surface area contributed by atoms with Gasteiger partial charge >= 0.3 is 0 Å². The fourth-order valence-corrected chi connectivity index (χ4v) is 3.58. The molecular formula is C21H28FN3O+2. The molecular weight excluding hydrogens is 329 g/mol. The topological polar surface area (TPSA) is 38.0 Å². The van der Waals surface area contributed by atoms with Gasteiger partial charge in [-0.2, -0.15) is 0 Å². The Balaban J connectivity index is 1.50. The van der Waals surface area contributed by atoms with Crippen molar-refractivity contribution in [2.75, 3.05) is 31.5 Å². The summed E-state index contributed by atoms with van der Waals surface area (Å²) < 4.78 is 13.0. The van der Waals surface area contributed by atoms with Gasteiger partial charge in [-0.3, -0.25) is 4.79 Å². The number of rotatable bonds is 5. The Kier molecular flexibility index (Phi) is 6.01. The minimum Gasteiger partial charge on any atom is -0.322 e. The lowest BCUT2D eigenvalue weighted by molar-refractivity contribution is -1.02. The Morgan fingerprint density at radius 1 is 1.08 bits per heavy atom. The second-order valence-electron chi connectivity index (χ2n) is 7.23. The first-order valence-corrected chi connectivity index (χ1v) is 9.32. The summed E-state index contributed by atoms with van der Waals surface area (Å²) in [4.78, 5) is 15.4. The third-order valence-corrected chi connectivity index (χ3v) is 5.42. The maximum absolute atomic E-state index is 13.0. The fourth-order valence-electron chi connectivity index (χ4n) is 3.58. The summed E-state index contributed by atoms with van der Waals surface area (Å²) in [6.07, 6.45) is 0. The number of halogens is 1. The molecule has 3 N–H and O–H groups in total. The lowest BCUT2D eigenvalue weighted by Crippen LogP contribution is -3.29. The molecule has 1 fully saturated rings. The van der Waals surface area contributed by atoms with E-state index in [9.17, 15) is 9.18 Å². The van der Waals surface area contributed by atoms with E-state index in [1.807, 2.05) is 6.92 Å². The highest BCUT2D eigenvalue weighted by molar-refractivity contribution is 5.93. The Morgan fingerprint density at radius 2 is 1.73 bits per heavy atom. The van der Waals surface area contributed by atoms with Gasteiger partial charge in [0.05, 0.1) is 0 Å². The average Bonchev–Trinajstić information content (AvgIpc) is 2.65. The fraction of sp³-hybridized carbons (Fsp3) is 0.381. The smallest absolute Gasteiger partial charge is 0.282 e. The molecule has 0 unspecified atom stereocenters. The lowest BCUT2D eigenvalue weighted by Gasteiger charge is -2.32. The van der Waals surface area contributed by atoms with Crippen LogP contribution in [0.25, 0.3) is 0 Å². The van der Waals surface area contributed by atoms with Crippen molar-refractivity contribution in [1.29, 1.82) is 0 Å². The van der Waals surface area contributed by atoms with Gasteiger partial charge in [-0.15, -0.1) is 0 Å². The first kappa shape index (κ1) is 18.5. The molecule has 1 saturated heterocycles. The summed E-state index contributed by atoms with van der Waals surface area (Å²) in [6.45, 7) is 9.29. The molecule has 1 aliphatic rings. The van der Waals surface area contributed by atoms with Crippen LogP contribution in [0.2, 0.25) is 0 Å². The number of nitrogens with one attached hydrogen (secondary N) is 3. The van der Waals surface area contributed by atoms with Gasteiger partial charge in [-0.1, -0.05) is 24.3 Å². The number of piperazine rings is 1. The van der Waals surface area contributed by atoms with E-state index in [0.29, 0.717) is 5.69 Å². The summed E-state index contributed by atoms with van der Waals surface area (Å²) in [6, 6.07) is 14.4. The van der Waals surface area contributed by atoms with Crippen molar-refractivity contribution in [2.24, 2.45) is 0 Å². The molecule has 1 amide bonds. The molecule has 0 spiro atoms. The molecule has 0 bridgehead atoms. The molecule has 138 valence electrons. The Hall–Kier alpha value is -2.24. The van der Waals surface area contributed by atoms with Crippen molar-refractivity contribution in [3.8, 4) is 0 Å². The summed E-state index contributed by atoms with van der Waals surface area (Å²) in [5, 5.41) is 2.89. The van der Waals surface area contributed by atoms with Gasteiger partial charge in [0.2, 0.25) is 0 Å². The third-order valence-electron chi connectivity index (χ3n) is 5.42. The number of carbonyl (C=O) groups is 1. The zero-order valence-corrected chi connectivity index (χ0v) is 15.5. The predicted molar refractivity (Wildman–Crippen MR) is 101 cm³/mol. The largest absolute Gasteiger partial charge is 0.322 e. The van der Waals surface area contributed by atoms with E-state index in [-0.39, 0.29) is 17.8 Å². The molecule has 2 aromatic carbocycles. The molecule has 0 radical (unpaired) electrons. The molecule has 5 heteroatoms. The van der Waals surface area contributed by atoms with Crippen molar-refractivity contribution in [3.05, 3.63) is 65.5 Å². The van der Waals surface area contributed by atoms with Crippen molar-refractivity contribution < 1.29 is 19.0 Å².